The minimum Gasteiger partial charge on any atom is -0.476 e. The predicted molar refractivity (Wildman–Crippen MR) is 112 cm³/mol. The number of ether oxygens (including phenoxy) is 1. The smallest absolute Gasteiger partial charge is 0.269 e. The number of rotatable bonds is 6. The Morgan fingerprint density at radius 1 is 1.43 bits per heavy atom. The Hall–Kier alpha value is -1.85. The number of nitrogens with zero attached hydrogens (tertiary/aromatic N) is 3. The molecule has 2 heterocycles. The fourth-order valence-electron chi connectivity index (χ4n) is 2.55. The number of nitrogens with one attached hydrogen (secondary N) is 1. The van der Waals surface area contributed by atoms with Crippen LogP contribution < -0.4 is 14.4 Å². The van der Waals surface area contributed by atoms with Crippen LogP contribution in [0.5, 0.6) is 5.75 Å². The molecule has 11 heteroatoms. The van der Waals surface area contributed by atoms with Crippen LogP contribution in [-0.2, 0) is 14.8 Å². The second-order valence-corrected chi connectivity index (χ2v) is 11.1. The first-order valence-electron chi connectivity index (χ1n) is 8.65. The maximum atomic E-state index is 12.7. The zero-order valence-electron chi connectivity index (χ0n) is 16.0. The molecule has 1 aliphatic rings. The average molecular weight is 443 g/mol. The molecule has 1 amide bonds. The van der Waals surface area contributed by atoms with Gasteiger partial charge in [0.05, 0.1) is 18.5 Å². The van der Waals surface area contributed by atoms with Gasteiger partial charge in [0.2, 0.25) is 15.2 Å². The third-order valence-corrected chi connectivity index (χ3v) is 7.40. The number of sulfonamides is 1. The largest absolute Gasteiger partial charge is 0.476 e. The van der Waals surface area contributed by atoms with Gasteiger partial charge in [-0.2, -0.15) is 0 Å². The van der Waals surface area contributed by atoms with Crippen molar-refractivity contribution in [2.24, 2.45) is 5.92 Å². The fourth-order valence-corrected chi connectivity index (χ4v) is 5.20. The second kappa shape index (κ2) is 8.26. The number of amides is 1. The van der Waals surface area contributed by atoms with E-state index >= 15 is 0 Å². The van der Waals surface area contributed by atoms with Crippen LogP contribution >= 0.6 is 23.1 Å². The van der Waals surface area contributed by atoms with Crippen molar-refractivity contribution in [1.29, 1.82) is 0 Å². The SMILES string of the molecule is Cc1ccc2c(c1)OC(C(=O)Nc1nnc(SCC(C)C)s1)CN2S(C)(=O)=O. The first-order valence-corrected chi connectivity index (χ1v) is 12.3. The average Bonchev–Trinajstić information content (AvgIpc) is 3.05. The number of thioether (sulfide) groups is 1. The highest BCUT2D eigenvalue weighted by molar-refractivity contribution is 8.01. The summed E-state index contributed by atoms with van der Waals surface area (Å²) < 4.78 is 32.2. The summed E-state index contributed by atoms with van der Waals surface area (Å²) >= 11 is 2.87. The van der Waals surface area contributed by atoms with Gasteiger partial charge in [-0.1, -0.05) is 43.0 Å². The second-order valence-electron chi connectivity index (χ2n) is 6.94. The van der Waals surface area contributed by atoms with E-state index in [0.717, 1.165) is 21.9 Å². The lowest BCUT2D eigenvalue weighted by Crippen LogP contribution is -2.48. The number of carbonyl (C=O) groups excluding carboxylic acids is 1. The van der Waals surface area contributed by atoms with E-state index < -0.39 is 22.0 Å². The number of aryl methyl sites for hydroxylation is 1. The first kappa shape index (κ1) is 20.9. The predicted octanol–water partition coefficient (Wildman–Crippen LogP) is 2.76. The Morgan fingerprint density at radius 3 is 2.86 bits per heavy atom. The van der Waals surface area contributed by atoms with Gasteiger partial charge in [0, 0.05) is 5.75 Å². The monoisotopic (exact) mass is 442 g/mol. The van der Waals surface area contributed by atoms with Crippen molar-refractivity contribution >= 4 is 49.8 Å². The van der Waals surface area contributed by atoms with Crippen LogP contribution in [0.2, 0.25) is 0 Å². The van der Waals surface area contributed by atoms with Crippen LogP contribution in [0.25, 0.3) is 0 Å². The molecule has 3 rings (SSSR count). The van der Waals surface area contributed by atoms with E-state index in [1.165, 1.54) is 15.6 Å². The van der Waals surface area contributed by atoms with E-state index in [4.69, 9.17) is 4.74 Å². The van der Waals surface area contributed by atoms with Crippen molar-refractivity contribution in [3.63, 3.8) is 0 Å². The topological polar surface area (TPSA) is 101 Å². The van der Waals surface area contributed by atoms with Crippen molar-refractivity contribution in [3.8, 4) is 5.75 Å². The van der Waals surface area contributed by atoms with E-state index in [2.05, 4.69) is 29.4 Å². The molecule has 0 radical (unpaired) electrons. The van der Waals surface area contributed by atoms with Gasteiger partial charge >= 0.3 is 0 Å². The summed E-state index contributed by atoms with van der Waals surface area (Å²) in [6, 6.07) is 5.21. The van der Waals surface area contributed by atoms with Crippen LogP contribution in [0, 0.1) is 12.8 Å². The number of aromatic nitrogens is 2. The van der Waals surface area contributed by atoms with Crippen LogP contribution in [0.1, 0.15) is 19.4 Å². The summed E-state index contributed by atoms with van der Waals surface area (Å²) in [5.41, 5.74) is 1.34. The molecule has 1 aromatic carbocycles. The molecule has 0 aliphatic carbocycles. The Labute approximate surface area is 172 Å². The Bertz CT molecular complexity index is 975. The van der Waals surface area contributed by atoms with Crippen LogP contribution in [-0.4, -0.2) is 49.2 Å². The van der Waals surface area contributed by atoms with Crippen molar-refractivity contribution in [2.45, 2.75) is 31.2 Å². The lowest BCUT2D eigenvalue weighted by atomic mass is 10.1. The number of benzene rings is 1. The highest BCUT2D eigenvalue weighted by Crippen LogP contribution is 2.36. The van der Waals surface area contributed by atoms with E-state index in [1.54, 1.807) is 30.0 Å². The summed E-state index contributed by atoms with van der Waals surface area (Å²) in [7, 11) is -3.56. The Morgan fingerprint density at radius 2 is 2.18 bits per heavy atom. The third-order valence-electron chi connectivity index (χ3n) is 3.85. The molecular weight excluding hydrogens is 420 g/mol. The highest BCUT2D eigenvalue weighted by Gasteiger charge is 2.35. The molecule has 152 valence electrons. The van der Waals surface area contributed by atoms with Crippen molar-refractivity contribution in [1.82, 2.24) is 10.2 Å². The van der Waals surface area contributed by atoms with E-state index in [1.807, 2.05) is 6.92 Å². The lowest BCUT2D eigenvalue weighted by molar-refractivity contribution is -0.122. The molecule has 0 saturated carbocycles. The van der Waals surface area contributed by atoms with Gasteiger partial charge in [0.1, 0.15) is 5.75 Å². The molecule has 1 unspecified atom stereocenters. The normalized spacial score (nSPS) is 16.6. The molecule has 0 fully saturated rings. The molecular formula is C17H22N4O4S3. The zero-order chi connectivity index (χ0) is 20.5. The summed E-state index contributed by atoms with van der Waals surface area (Å²) in [4.78, 5) is 12.7. The fraction of sp³-hybridized carbons (Fsp3) is 0.471. The van der Waals surface area contributed by atoms with Crippen LogP contribution in [0.15, 0.2) is 22.5 Å². The van der Waals surface area contributed by atoms with Gasteiger partial charge in [-0.15, -0.1) is 10.2 Å². The summed E-state index contributed by atoms with van der Waals surface area (Å²) in [6.07, 6.45) is 0.125. The Balaban J connectivity index is 1.75. The molecule has 8 nitrogen and oxygen atoms in total. The minimum absolute atomic E-state index is 0.103. The van der Waals surface area contributed by atoms with Gasteiger partial charge in [-0.3, -0.25) is 14.4 Å². The van der Waals surface area contributed by atoms with E-state index in [-0.39, 0.29) is 6.54 Å². The molecule has 1 aliphatic heterocycles. The maximum absolute atomic E-state index is 12.7. The van der Waals surface area contributed by atoms with Gasteiger partial charge in [-0.05, 0) is 30.5 Å². The van der Waals surface area contributed by atoms with E-state index in [0.29, 0.717) is 22.5 Å². The number of hydrogen-bond donors (Lipinski definition) is 1. The maximum Gasteiger partial charge on any atom is 0.269 e. The number of carbonyl (C=O) groups is 1. The lowest BCUT2D eigenvalue weighted by Gasteiger charge is -2.33. The summed E-state index contributed by atoms with van der Waals surface area (Å²) in [5, 5.41) is 11.1. The van der Waals surface area contributed by atoms with Crippen molar-refractivity contribution < 1.29 is 17.9 Å². The molecule has 2 aromatic rings. The third kappa shape index (κ3) is 4.95. The molecule has 0 spiro atoms. The van der Waals surface area contributed by atoms with Gasteiger partial charge in [-0.25, -0.2) is 8.42 Å². The summed E-state index contributed by atoms with van der Waals surface area (Å²) in [5.74, 6) is 1.33. The quantitative estimate of drug-likeness (QED) is 0.542. The van der Waals surface area contributed by atoms with Crippen LogP contribution in [0.4, 0.5) is 10.8 Å². The molecule has 0 saturated heterocycles. The number of hydrogen-bond acceptors (Lipinski definition) is 8. The summed E-state index contributed by atoms with van der Waals surface area (Å²) in [6.45, 7) is 6.00. The standard InChI is InChI=1S/C17H22N4O4S3/c1-10(2)9-26-17-20-19-16(27-17)18-15(22)14-8-21(28(4,23)24)12-6-5-11(3)7-13(12)25-14/h5-7,10,14H,8-9H2,1-4H3,(H,18,19,22). The van der Waals surface area contributed by atoms with Crippen molar-refractivity contribution in [2.75, 3.05) is 28.2 Å². The highest BCUT2D eigenvalue weighted by atomic mass is 32.2. The van der Waals surface area contributed by atoms with Gasteiger partial charge in [0.15, 0.2) is 10.4 Å². The molecule has 1 atom stereocenters. The molecule has 28 heavy (non-hydrogen) atoms. The van der Waals surface area contributed by atoms with Crippen LogP contribution in [0.3, 0.4) is 0 Å². The number of anilines is 2. The zero-order valence-corrected chi connectivity index (χ0v) is 18.4. The van der Waals surface area contributed by atoms with Gasteiger partial charge in [0.25, 0.3) is 5.91 Å². The minimum atomic E-state index is -3.56. The molecule has 0 bridgehead atoms. The van der Waals surface area contributed by atoms with Gasteiger partial charge < -0.3 is 4.74 Å². The van der Waals surface area contributed by atoms with Crippen molar-refractivity contribution in [3.05, 3.63) is 23.8 Å². The Kier molecular flexibility index (Phi) is 6.15. The first-order chi connectivity index (χ1) is 13.1. The van der Waals surface area contributed by atoms with E-state index in [9.17, 15) is 13.2 Å². The number of fused-ring (bicyclic) bond motifs is 1. The molecule has 1 N–H and O–H groups in total. The molecule has 1 aromatic heterocycles.